The van der Waals surface area contributed by atoms with Gasteiger partial charge < -0.3 is 10.2 Å². The van der Waals surface area contributed by atoms with E-state index in [1.165, 1.54) is 11.1 Å². The number of anilines is 1. The molecule has 2 aromatic carbocycles. The maximum Gasteiger partial charge on any atom is 0.253 e. The number of carbonyl (C=O) groups excluding carboxylic acids is 2. The van der Waals surface area contributed by atoms with E-state index < -0.39 is 0 Å². The van der Waals surface area contributed by atoms with Gasteiger partial charge in [-0.1, -0.05) is 30.3 Å². The zero-order valence-corrected chi connectivity index (χ0v) is 17.6. The molecule has 0 unspecified atom stereocenters. The van der Waals surface area contributed by atoms with Crippen LogP contribution in [-0.2, 0) is 11.2 Å². The Hall–Kier alpha value is -2.66. The van der Waals surface area contributed by atoms with Crippen molar-refractivity contribution in [2.24, 2.45) is 0 Å². The molecular formula is C24H31N3O2. The molecular weight excluding hydrogens is 362 g/mol. The topological polar surface area (TPSA) is 52.7 Å². The van der Waals surface area contributed by atoms with Crippen molar-refractivity contribution in [1.82, 2.24) is 9.80 Å². The average molecular weight is 394 g/mol. The highest BCUT2D eigenvalue weighted by atomic mass is 16.2. The van der Waals surface area contributed by atoms with Crippen LogP contribution in [0.3, 0.4) is 0 Å². The number of rotatable bonds is 7. The summed E-state index contributed by atoms with van der Waals surface area (Å²) in [6, 6.07) is 16.0. The summed E-state index contributed by atoms with van der Waals surface area (Å²) < 4.78 is 0. The molecule has 154 valence electrons. The molecule has 29 heavy (non-hydrogen) atoms. The lowest BCUT2D eigenvalue weighted by atomic mass is 9.87. The number of aryl methyl sites for hydroxylation is 1. The van der Waals surface area contributed by atoms with E-state index in [9.17, 15) is 9.59 Å². The largest absolute Gasteiger partial charge is 0.339 e. The normalized spacial score (nSPS) is 15.7. The molecule has 0 saturated heterocycles. The molecule has 0 bridgehead atoms. The summed E-state index contributed by atoms with van der Waals surface area (Å²) in [6.45, 7) is 5.57. The van der Waals surface area contributed by atoms with E-state index >= 15 is 0 Å². The van der Waals surface area contributed by atoms with Gasteiger partial charge in [-0.2, -0.15) is 0 Å². The van der Waals surface area contributed by atoms with E-state index in [0.717, 1.165) is 19.3 Å². The minimum absolute atomic E-state index is 0.0120. The molecule has 0 fully saturated rings. The number of hydrogen-bond acceptors (Lipinski definition) is 3. The van der Waals surface area contributed by atoms with Crippen molar-refractivity contribution in [2.45, 2.75) is 39.2 Å². The predicted molar refractivity (Wildman–Crippen MR) is 117 cm³/mol. The highest BCUT2D eigenvalue weighted by Crippen LogP contribution is 2.33. The van der Waals surface area contributed by atoms with Crippen molar-refractivity contribution < 1.29 is 9.59 Å². The molecule has 0 heterocycles. The van der Waals surface area contributed by atoms with Crippen LogP contribution < -0.4 is 5.32 Å². The van der Waals surface area contributed by atoms with Gasteiger partial charge in [-0.05, 0) is 69.5 Å². The smallest absolute Gasteiger partial charge is 0.253 e. The summed E-state index contributed by atoms with van der Waals surface area (Å²) >= 11 is 0. The Bertz CT molecular complexity index is 861. The predicted octanol–water partition coefficient (Wildman–Crippen LogP) is 4.12. The first-order chi connectivity index (χ1) is 14.0. The van der Waals surface area contributed by atoms with Crippen LogP contribution in [0, 0.1) is 0 Å². The van der Waals surface area contributed by atoms with Gasteiger partial charge in [0, 0.05) is 30.4 Å². The average Bonchev–Trinajstić information content (AvgIpc) is 2.74. The van der Waals surface area contributed by atoms with Crippen LogP contribution in [0.15, 0.2) is 48.5 Å². The lowest BCUT2D eigenvalue weighted by Gasteiger charge is -2.32. The molecule has 2 amide bonds. The van der Waals surface area contributed by atoms with Gasteiger partial charge >= 0.3 is 0 Å². The third kappa shape index (κ3) is 5.04. The SMILES string of the molecule is CCN(CC)C(=O)c1cccc(NC(=O)CN(C)[C@H]2CCCc3ccccc32)c1. The van der Waals surface area contributed by atoms with E-state index in [4.69, 9.17) is 0 Å². The lowest BCUT2D eigenvalue weighted by Crippen LogP contribution is -2.35. The van der Waals surface area contributed by atoms with Crippen LogP contribution in [0.2, 0.25) is 0 Å². The molecule has 5 heteroatoms. The highest BCUT2D eigenvalue weighted by Gasteiger charge is 2.24. The maximum atomic E-state index is 12.7. The van der Waals surface area contributed by atoms with Gasteiger partial charge in [0.1, 0.15) is 0 Å². The standard InChI is InChI=1S/C24H31N3O2/c1-4-27(5-2)24(29)19-12-8-13-20(16-19)25-23(28)17-26(3)22-15-9-11-18-10-6-7-14-21(18)22/h6-8,10,12-14,16,22H,4-5,9,11,15,17H2,1-3H3,(H,25,28)/t22-/m0/s1. The second-order valence-corrected chi connectivity index (χ2v) is 7.63. The van der Waals surface area contributed by atoms with Gasteiger partial charge in [0.25, 0.3) is 5.91 Å². The van der Waals surface area contributed by atoms with Crippen LogP contribution in [0.1, 0.15) is 54.2 Å². The van der Waals surface area contributed by atoms with Gasteiger partial charge in [-0.25, -0.2) is 0 Å². The summed E-state index contributed by atoms with van der Waals surface area (Å²) in [4.78, 5) is 29.1. The third-order valence-corrected chi connectivity index (χ3v) is 5.71. The summed E-state index contributed by atoms with van der Waals surface area (Å²) in [7, 11) is 2.01. The Morgan fingerprint density at radius 3 is 2.59 bits per heavy atom. The second-order valence-electron chi connectivity index (χ2n) is 7.63. The van der Waals surface area contributed by atoms with Crippen molar-refractivity contribution >= 4 is 17.5 Å². The molecule has 1 atom stereocenters. The molecule has 2 aromatic rings. The minimum Gasteiger partial charge on any atom is -0.339 e. The van der Waals surface area contributed by atoms with Gasteiger partial charge in [0.15, 0.2) is 0 Å². The fraction of sp³-hybridized carbons (Fsp3) is 0.417. The number of amides is 2. The Morgan fingerprint density at radius 1 is 1.07 bits per heavy atom. The van der Waals surface area contributed by atoms with Gasteiger partial charge in [-0.3, -0.25) is 14.5 Å². The first-order valence-electron chi connectivity index (χ1n) is 10.5. The van der Waals surface area contributed by atoms with E-state index in [0.29, 0.717) is 30.9 Å². The Morgan fingerprint density at radius 2 is 1.83 bits per heavy atom. The summed E-state index contributed by atoms with van der Waals surface area (Å²) in [5, 5.41) is 2.95. The number of fused-ring (bicyclic) bond motifs is 1. The molecule has 0 aliphatic heterocycles. The number of nitrogens with zero attached hydrogens (tertiary/aromatic N) is 2. The van der Waals surface area contributed by atoms with Crippen LogP contribution in [-0.4, -0.2) is 48.3 Å². The van der Waals surface area contributed by atoms with E-state index in [2.05, 4.69) is 34.5 Å². The summed E-state index contributed by atoms with van der Waals surface area (Å²) in [5.41, 5.74) is 3.98. The number of hydrogen-bond donors (Lipinski definition) is 1. The molecule has 5 nitrogen and oxygen atoms in total. The number of carbonyl (C=O) groups is 2. The first-order valence-corrected chi connectivity index (χ1v) is 10.5. The molecule has 3 rings (SSSR count). The maximum absolute atomic E-state index is 12.7. The fourth-order valence-electron chi connectivity index (χ4n) is 4.15. The molecule has 0 radical (unpaired) electrons. The molecule has 0 aromatic heterocycles. The number of likely N-dealkylation sites (N-methyl/N-ethyl adjacent to an activating group) is 1. The van der Waals surface area contributed by atoms with E-state index in [1.807, 2.05) is 33.0 Å². The van der Waals surface area contributed by atoms with Crippen molar-refractivity contribution in [1.29, 1.82) is 0 Å². The minimum atomic E-state index is -0.0667. The summed E-state index contributed by atoms with van der Waals surface area (Å²) in [5.74, 6) is -0.0787. The number of nitrogens with one attached hydrogen (secondary N) is 1. The highest BCUT2D eigenvalue weighted by molar-refractivity contribution is 5.97. The van der Waals surface area contributed by atoms with Gasteiger partial charge in [-0.15, -0.1) is 0 Å². The fourth-order valence-corrected chi connectivity index (χ4v) is 4.15. The van der Waals surface area contributed by atoms with Crippen molar-refractivity contribution in [3.05, 3.63) is 65.2 Å². The molecule has 0 saturated carbocycles. The quantitative estimate of drug-likeness (QED) is 0.770. The van der Waals surface area contributed by atoms with Gasteiger partial charge in [0.2, 0.25) is 5.91 Å². The molecule has 1 N–H and O–H groups in total. The van der Waals surface area contributed by atoms with Crippen LogP contribution >= 0.6 is 0 Å². The molecule has 0 spiro atoms. The second kappa shape index (κ2) is 9.70. The molecule has 1 aliphatic carbocycles. The van der Waals surface area contributed by atoms with Crippen LogP contribution in [0.4, 0.5) is 5.69 Å². The van der Waals surface area contributed by atoms with Gasteiger partial charge in [0.05, 0.1) is 6.54 Å². The molecule has 1 aliphatic rings. The zero-order valence-electron chi connectivity index (χ0n) is 17.6. The third-order valence-electron chi connectivity index (χ3n) is 5.71. The van der Waals surface area contributed by atoms with Crippen molar-refractivity contribution in [3.8, 4) is 0 Å². The Kier molecular flexibility index (Phi) is 7.04. The van der Waals surface area contributed by atoms with Crippen molar-refractivity contribution in [3.63, 3.8) is 0 Å². The van der Waals surface area contributed by atoms with Crippen LogP contribution in [0.25, 0.3) is 0 Å². The Balaban J connectivity index is 1.64. The number of benzene rings is 2. The zero-order chi connectivity index (χ0) is 20.8. The summed E-state index contributed by atoms with van der Waals surface area (Å²) in [6.07, 6.45) is 3.32. The Labute approximate surface area is 173 Å². The van der Waals surface area contributed by atoms with E-state index in [1.54, 1.807) is 17.0 Å². The lowest BCUT2D eigenvalue weighted by molar-refractivity contribution is -0.117. The first kappa shape index (κ1) is 21.1. The van der Waals surface area contributed by atoms with E-state index in [-0.39, 0.29) is 17.9 Å². The monoisotopic (exact) mass is 393 g/mol. The van der Waals surface area contributed by atoms with Crippen LogP contribution in [0.5, 0.6) is 0 Å². The van der Waals surface area contributed by atoms with Crippen molar-refractivity contribution in [2.75, 3.05) is 32.0 Å².